The Morgan fingerprint density at radius 1 is 1.75 bits per heavy atom. The standard InChI is InChI=1S/C4H9O2P.ClH/c1-2-3-4-7(5)6;/h2,7H,1,3-4H2,(H,5,6);1H. The van der Waals surface area contributed by atoms with Crippen LogP contribution in [0.3, 0.4) is 0 Å². The molecular formula is C4H10ClO2P. The molecule has 0 saturated carbocycles. The number of rotatable bonds is 3. The maximum atomic E-state index is 9.90. The minimum Gasteiger partial charge on any atom is -0.346 e. The van der Waals surface area contributed by atoms with Crippen LogP contribution in [-0.2, 0) is 4.57 Å². The predicted molar refractivity (Wildman–Crippen MR) is 38.1 cm³/mol. The molecule has 0 aromatic rings. The summed E-state index contributed by atoms with van der Waals surface area (Å²) in [6.07, 6.45) is 2.67. The van der Waals surface area contributed by atoms with Gasteiger partial charge in [0.2, 0.25) is 0 Å². The summed E-state index contributed by atoms with van der Waals surface area (Å²) in [6, 6.07) is 0. The van der Waals surface area contributed by atoms with Gasteiger partial charge in [0.15, 0.2) is 8.03 Å². The Kier molecular flexibility index (Phi) is 10.00. The zero-order valence-electron chi connectivity index (χ0n) is 4.46. The first-order chi connectivity index (χ1) is 3.27. The highest BCUT2D eigenvalue weighted by Crippen LogP contribution is 2.12. The summed E-state index contributed by atoms with van der Waals surface area (Å²) in [4.78, 5) is 8.18. The smallest absolute Gasteiger partial charge is 0.189 e. The van der Waals surface area contributed by atoms with Gasteiger partial charge in [0, 0.05) is 6.16 Å². The van der Waals surface area contributed by atoms with Crippen molar-refractivity contribution < 1.29 is 9.46 Å². The van der Waals surface area contributed by atoms with Gasteiger partial charge >= 0.3 is 0 Å². The highest BCUT2D eigenvalue weighted by Gasteiger charge is 1.85. The number of hydrogen-bond donors (Lipinski definition) is 1. The number of allylic oxidation sites excluding steroid dienone is 1. The minimum atomic E-state index is -2.22. The Labute approximate surface area is 55.9 Å². The molecule has 0 radical (unpaired) electrons. The Morgan fingerprint density at radius 3 is 2.38 bits per heavy atom. The number of halogens is 1. The molecule has 0 saturated heterocycles. The first-order valence-electron chi connectivity index (χ1n) is 2.10. The second kappa shape index (κ2) is 7.22. The second-order valence-electron chi connectivity index (χ2n) is 1.22. The Morgan fingerprint density at radius 2 is 2.25 bits per heavy atom. The maximum absolute atomic E-state index is 9.90. The van der Waals surface area contributed by atoms with Crippen molar-refractivity contribution in [1.82, 2.24) is 0 Å². The average Bonchev–Trinajstić information content (AvgIpc) is 1.61. The lowest BCUT2D eigenvalue weighted by Crippen LogP contribution is -1.69. The third-order valence-corrected chi connectivity index (χ3v) is 1.28. The minimum absolute atomic E-state index is 0. The summed E-state index contributed by atoms with van der Waals surface area (Å²) < 4.78 is 9.90. The van der Waals surface area contributed by atoms with Gasteiger partial charge in [-0.2, -0.15) is 0 Å². The van der Waals surface area contributed by atoms with E-state index in [1.165, 1.54) is 0 Å². The molecule has 0 aromatic heterocycles. The molecule has 0 aliphatic carbocycles. The van der Waals surface area contributed by atoms with Crippen LogP contribution in [0.1, 0.15) is 6.42 Å². The van der Waals surface area contributed by atoms with Crippen LogP contribution in [0.2, 0.25) is 0 Å². The van der Waals surface area contributed by atoms with Crippen molar-refractivity contribution >= 4 is 20.4 Å². The average molecular weight is 157 g/mol. The molecule has 0 fully saturated rings. The molecule has 0 aromatic carbocycles. The third-order valence-electron chi connectivity index (χ3n) is 0.562. The molecule has 1 atom stereocenters. The van der Waals surface area contributed by atoms with Crippen LogP contribution in [-0.4, -0.2) is 11.1 Å². The molecule has 50 valence electrons. The van der Waals surface area contributed by atoms with Gasteiger partial charge in [0.05, 0.1) is 0 Å². The summed E-state index contributed by atoms with van der Waals surface area (Å²) in [7, 11) is -2.22. The normalized spacial score (nSPS) is 11.6. The molecule has 4 heteroatoms. The fraction of sp³-hybridized carbons (Fsp3) is 0.500. The molecule has 0 aliphatic rings. The predicted octanol–water partition coefficient (Wildman–Crippen LogP) is 1.45. The maximum Gasteiger partial charge on any atom is 0.189 e. The van der Waals surface area contributed by atoms with E-state index in [0.717, 1.165) is 0 Å². The molecule has 0 bridgehead atoms. The molecule has 2 nitrogen and oxygen atoms in total. The molecule has 0 aliphatic heterocycles. The lowest BCUT2D eigenvalue weighted by Gasteiger charge is -1.84. The highest BCUT2D eigenvalue weighted by atomic mass is 35.5. The van der Waals surface area contributed by atoms with Crippen LogP contribution in [0.5, 0.6) is 0 Å². The molecule has 8 heavy (non-hydrogen) atoms. The zero-order valence-corrected chi connectivity index (χ0v) is 6.28. The molecule has 0 spiro atoms. The molecule has 1 N–H and O–H groups in total. The van der Waals surface area contributed by atoms with Crippen molar-refractivity contribution in [2.24, 2.45) is 0 Å². The van der Waals surface area contributed by atoms with E-state index in [9.17, 15) is 4.57 Å². The first kappa shape index (κ1) is 11.1. The molecule has 0 heterocycles. The highest BCUT2D eigenvalue weighted by molar-refractivity contribution is 7.37. The van der Waals surface area contributed by atoms with Crippen molar-refractivity contribution in [3.05, 3.63) is 12.7 Å². The van der Waals surface area contributed by atoms with E-state index >= 15 is 0 Å². The van der Waals surface area contributed by atoms with Crippen molar-refractivity contribution in [2.45, 2.75) is 6.42 Å². The topological polar surface area (TPSA) is 37.3 Å². The number of hydrogen-bond acceptors (Lipinski definition) is 1. The van der Waals surface area contributed by atoms with Gasteiger partial charge in [-0.05, 0) is 6.42 Å². The summed E-state index contributed by atoms with van der Waals surface area (Å²) >= 11 is 0. The Bertz CT molecular complexity index is 84.1. The van der Waals surface area contributed by atoms with Gasteiger partial charge in [-0.3, -0.25) is 4.57 Å². The van der Waals surface area contributed by atoms with E-state index in [0.29, 0.717) is 12.6 Å². The fourth-order valence-corrected chi connectivity index (χ4v) is 0.677. The monoisotopic (exact) mass is 156 g/mol. The summed E-state index contributed by atoms with van der Waals surface area (Å²) in [5.41, 5.74) is 0. The lowest BCUT2D eigenvalue weighted by molar-refractivity contribution is 0.503. The van der Waals surface area contributed by atoms with E-state index in [-0.39, 0.29) is 12.4 Å². The van der Waals surface area contributed by atoms with Gasteiger partial charge in [-0.15, -0.1) is 19.0 Å². The first-order valence-corrected chi connectivity index (χ1v) is 3.66. The Hall–Kier alpha value is 0.220. The van der Waals surface area contributed by atoms with Crippen molar-refractivity contribution in [3.63, 3.8) is 0 Å². The van der Waals surface area contributed by atoms with Crippen LogP contribution in [0.4, 0.5) is 0 Å². The van der Waals surface area contributed by atoms with Crippen LogP contribution in [0.25, 0.3) is 0 Å². The van der Waals surface area contributed by atoms with Crippen LogP contribution >= 0.6 is 20.4 Å². The Balaban J connectivity index is 0. The summed E-state index contributed by atoms with van der Waals surface area (Å²) in [5.74, 6) is 0. The molecule has 1 unspecified atom stereocenters. The van der Waals surface area contributed by atoms with Gasteiger partial charge < -0.3 is 4.89 Å². The summed E-state index contributed by atoms with van der Waals surface area (Å²) in [6.45, 7) is 3.40. The van der Waals surface area contributed by atoms with E-state index in [1.807, 2.05) is 0 Å². The third kappa shape index (κ3) is 9.52. The van der Waals surface area contributed by atoms with E-state index in [4.69, 9.17) is 4.89 Å². The van der Waals surface area contributed by atoms with Crippen LogP contribution < -0.4 is 0 Å². The van der Waals surface area contributed by atoms with Crippen LogP contribution in [0.15, 0.2) is 12.7 Å². The molecular weight excluding hydrogens is 146 g/mol. The zero-order chi connectivity index (χ0) is 5.70. The molecule has 0 amide bonds. The van der Waals surface area contributed by atoms with E-state index in [1.54, 1.807) is 6.08 Å². The second-order valence-corrected chi connectivity index (χ2v) is 2.51. The van der Waals surface area contributed by atoms with Crippen LogP contribution in [0, 0.1) is 0 Å². The largest absolute Gasteiger partial charge is 0.346 e. The van der Waals surface area contributed by atoms with E-state index in [2.05, 4.69) is 6.58 Å². The SMILES string of the molecule is C=CCC[PH](=O)O.Cl. The van der Waals surface area contributed by atoms with Gasteiger partial charge in [-0.1, -0.05) is 6.08 Å². The lowest BCUT2D eigenvalue weighted by atomic mass is 10.5. The quantitative estimate of drug-likeness (QED) is 0.496. The fourth-order valence-electron chi connectivity index (χ4n) is 0.226. The van der Waals surface area contributed by atoms with Crippen molar-refractivity contribution in [2.75, 3.05) is 6.16 Å². The van der Waals surface area contributed by atoms with Gasteiger partial charge in [0.25, 0.3) is 0 Å². The van der Waals surface area contributed by atoms with Crippen molar-refractivity contribution in [1.29, 1.82) is 0 Å². The van der Waals surface area contributed by atoms with Gasteiger partial charge in [-0.25, -0.2) is 0 Å². The summed E-state index contributed by atoms with van der Waals surface area (Å²) in [5, 5.41) is 0. The van der Waals surface area contributed by atoms with Crippen molar-refractivity contribution in [3.8, 4) is 0 Å². The molecule has 0 rings (SSSR count). The van der Waals surface area contributed by atoms with E-state index < -0.39 is 8.03 Å². The van der Waals surface area contributed by atoms with Gasteiger partial charge in [0.1, 0.15) is 0 Å².